The van der Waals surface area contributed by atoms with Gasteiger partial charge in [0, 0.05) is 42.4 Å². The van der Waals surface area contributed by atoms with Crippen molar-refractivity contribution in [2.75, 3.05) is 6.54 Å². The fourth-order valence-electron chi connectivity index (χ4n) is 5.90. The zero-order valence-electron chi connectivity index (χ0n) is 21.3. The number of aromatic nitrogens is 4. The lowest BCUT2D eigenvalue weighted by Gasteiger charge is -2.22. The molecular formula is C28H24FN5O4S. The number of benzene rings is 1. The molecular weight excluding hydrogens is 521 g/mol. The zero-order chi connectivity index (χ0) is 27.3. The van der Waals surface area contributed by atoms with Gasteiger partial charge in [0.1, 0.15) is 28.5 Å². The van der Waals surface area contributed by atoms with Gasteiger partial charge in [-0.05, 0) is 55.8 Å². The highest BCUT2D eigenvalue weighted by molar-refractivity contribution is 7.07. The number of carbonyl (C=O) groups is 2. The molecule has 1 amide bonds. The van der Waals surface area contributed by atoms with Gasteiger partial charge in [-0.2, -0.15) is 5.10 Å². The van der Waals surface area contributed by atoms with E-state index in [2.05, 4.69) is 15.1 Å². The third kappa shape index (κ3) is 3.45. The minimum atomic E-state index is -1.20. The van der Waals surface area contributed by atoms with Crippen molar-refractivity contribution in [1.29, 1.82) is 0 Å². The van der Waals surface area contributed by atoms with Crippen LogP contribution in [0.1, 0.15) is 29.9 Å². The number of aryl methyl sites for hydroxylation is 1. The molecule has 198 valence electrons. The predicted octanol–water partition coefficient (Wildman–Crippen LogP) is 4.01. The van der Waals surface area contributed by atoms with E-state index < -0.39 is 17.0 Å². The van der Waals surface area contributed by atoms with Crippen molar-refractivity contribution in [2.24, 2.45) is 18.9 Å². The first-order valence-corrected chi connectivity index (χ1v) is 13.5. The standard InChI is InChI=1S/C28H24FN5O4S/c1-27(2,26(36)37)15-8-18(14-4-6-16(29)7-5-14)31-22(9-15)38-28-17-11-34(24(28)23(17)28)25(35)21-10-19(32-33(21)3)20-12-39-13-30-20/h4-10,12-13,17,23-24H,11H2,1-3H3,(H,36,37)/t17-,23-,24?,28-/m1/s1. The number of hydrogen-bond acceptors (Lipinski definition) is 7. The number of amides is 1. The Morgan fingerprint density at radius 2 is 1.92 bits per heavy atom. The number of carbonyl (C=O) groups excluding carboxylic acids is 1. The third-order valence-corrected chi connectivity index (χ3v) is 8.97. The number of pyridine rings is 1. The maximum Gasteiger partial charge on any atom is 0.313 e. The molecule has 0 radical (unpaired) electrons. The molecule has 8 rings (SSSR count). The molecule has 2 aliphatic carbocycles. The molecule has 2 bridgehead atoms. The largest absolute Gasteiger partial charge is 0.481 e. The summed E-state index contributed by atoms with van der Waals surface area (Å²) in [6.45, 7) is 3.82. The molecule has 2 saturated heterocycles. The van der Waals surface area contributed by atoms with E-state index in [-0.39, 0.29) is 29.6 Å². The van der Waals surface area contributed by atoms with Crippen molar-refractivity contribution in [3.63, 3.8) is 0 Å². The van der Waals surface area contributed by atoms with Gasteiger partial charge in [-0.15, -0.1) is 11.3 Å². The van der Waals surface area contributed by atoms with E-state index in [0.29, 0.717) is 40.6 Å². The number of halogens is 1. The molecule has 4 fully saturated rings. The molecule has 0 spiro atoms. The molecule has 9 nitrogen and oxygen atoms in total. The van der Waals surface area contributed by atoms with E-state index in [9.17, 15) is 19.1 Å². The van der Waals surface area contributed by atoms with Crippen molar-refractivity contribution in [1.82, 2.24) is 24.6 Å². The van der Waals surface area contributed by atoms with Crippen molar-refractivity contribution in [3.8, 4) is 28.5 Å². The van der Waals surface area contributed by atoms with Crippen LogP contribution in [0.3, 0.4) is 0 Å². The van der Waals surface area contributed by atoms with Gasteiger partial charge in [-0.3, -0.25) is 14.3 Å². The van der Waals surface area contributed by atoms with E-state index >= 15 is 0 Å². The fraction of sp³-hybridized carbons (Fsp3) is 0.321. The number of ether oxygens (including phenoxy) is 1. The van der Waals surface area contributed by atoms with E-state index in [1.807, 2.05) is 10.3 Å². The van der Waals surface area contributed by atoms with Crippen molar-refractivity contribution in [2.45, 2.75) is 30.9 Å². The molecule has 1 unspecified atom stereocenters. The molecule has 2 aliphatic heterocycles. The van der Waals surface area contributed by atoms with Gasteiger partial charge >= 0.3 is 5.97 Å². The third-order valence-electron chi connectivity index (χ3n) is 8.38. The Morgan fingerprint density at radius 1 is 1.15 bits per heavy atom. The molecule has 1 aromatic carbocycles. The van der Waals surface area contributed by atoms with E-state index in [1.54, 1.807) is 61.4 Å². The number of nitrogens with zero attached hydrogens (tertiary/aromatic N) is 5. The quantitative estimate of drug-likeness (QED) is 0.374. The average molecular weight is 546 g/mol. The Hall–Kier alpha value is -4.12. The van der Waals surface area contributed by atoms with Crippen LogP contribution in [0.15, 0.2) is 53.4 Å². The maximum atomic E-state index is 13.5. The summed E-state index contributed by atoms with van der Waals surface area (Å²) in [5, 5.41) is 16.2. The average Bonchev–Trinajstić information content (AvgIpc) is 3.38. The Kier molecular flexibility index (Phi) is 4.88. The summed E-state index contributed by atoms with van der Waals surface area (Å²) in [7, 11) is 1.75. The van der Waals surface area contributed by atoms with Crippen molar-refractivity contribution in [3.05, 3.63) is 70.4 Å². The molecule has 4 aliphatic rings. The lowest BCUT2D eigenvalue weighted by Crippen LogP contribution is -2.33. The molecule has 4 atom stereocenters. The van der Waals surface area contributed by atoms with Crippen LogP contribution in [-0.4, -0.2) is 59.8 Å². The number of carboxylic acids is 1. The number of rotatable bonds is 7. The number of aliphatic carboxylic acids is 1. The van der Waals surface area contributed by atoms with Gasteiger partial charge in [0.2, 0.25) is 5.88 Å². The Bertz CT molecular complexity index is 1640. The van der Waals surface area contributed by atoms with Crippen molar-refractivity contribution < 1.29 is 23.8 Å². The summed E-state index contributed by atoms with van der Waals surface area (Å²) in [5.74, 6) is -0.735. The van der Waals surface area contributed by atoms with Gasteiger partial charge in [0.15, 0.2) is 0 Å². The molecule has 2 saturated carbocycles. The molecule has 5 heterocycles. The Balaban J connectivity index is 1.17. The monoisotopic (exact) mass is 545 g/mol. The highest BCUT2D eigenvalue weighted by Gasteiger charge is 2.96. The Morgan fingerprint density at radius 3 is 2.59 bits per heavy atom. The second kappa shape index (κ2) is 7.95. The first-order chi connectivity index (χ1) is 18.6. The molecule has 39 heavy (non-hydrogen) atoms. The fourth-order valence-corrected chi connectivity index (χ4v) is 6.45. The topological polar surface area (TPSA) is 110 Å². The SMILES string of the molecule is Cn1nc(-c2cscn2)cc1C(=O)N1C[C@@H]2[C@@H]3C1[C@@]23Oc1cc(C(C)(C)C(=O)O)cc(-c2ccc(F)cc2)n1. The van der Waals surface area contributed by atoms with Gasteiger partial charge < -0.3 is 14.7 Å². The molecule has 1 N–H and O–H groups in total. The lowest BCUT2D eigenvalue weighted by atomic mass is 9.84. The highest BCUT2D eigenvalue weighted by atomic mass is 32.1. The van der Waals surface area contributed by atoms with Crippen LogP contribution < -0.4 is 4.74 Å². The van der Waals surface area contributed by atoms with Gasteiger partial charge in [0.25, 0.3) is 5.91 Å². The van der Waals surface area contributed by atoms with Crippen LogP contribution in [0, 0.1) is 17.7 Å². The van der Waals surface area contributed by atoms with Crippen LogP contribution in [0.25, 0.3) is 22.6 Å². The number of piperidine rings is 1. The second-order valence-corrected chi connectivity index (χ2v) is 11.6. The molecule has 11 heteroatoms. The summed E-state index contributed by atoms with van der Waals surface area (Å²) >= 11 is 1.47. The maximum absolute atomic E-state index is 13.5. The van der Waals surface area contributed by atoms with Gasteiger partial charge in [0.05, 0.1) is 22.7 Å². The molecule has 4 aromatic rings. The Labute approximate surface area is 226 Å². The van der Waals surface area contributed by atoms with Gasteiger partial charge in [-0.25, -0.2) is 14.4 Å². The minimum Gasteiger partial charge on any atom is -0.481 e. The van der Waals surface area contributed by atoms with Crippen LogP contribution in [0.4, 0.5) is 4.39 Å². The first kappa shape index (κ1) is 24.0. The van der Waals surface area contributed by atoms with Crippen LogP contribution in [-0.2, 0) is 17.3 Å². The van der Waals surface area contributed by atoms with Crippen LogP contribution in [0.5, 0.6) is 5.88 Å². The van der Waals surface area contributed by atoms with Crippen molar-refractivity contribution >= 4 is 23.2 Å². The smallest absolute Gasteiger partial charge is 0.313 e. The zero-order valence-corrected chi connectivity index (χ0v) is 22.1. The second-order valence-electron chi connectivity index (χ2n) is 10.9. The number of thiazole rings is 1. The summed E-state index contributed by atoms with van der Waals surface area (Å²) < 4.78 is 21.6. The summed E-state index contributed by atoms with van der Waals surface area (Å²) in [6, 6.07) is 10.9. The number of hydrogen-bond donors (Lipinski definition) is 1. The first-order valence-electron chi connectivity index (χ1n) is 12.6. The van der Waals surface area contributed by atoms with E-state index in [4.69, 9.17) is 4.74 Å². The van der Waals surface area contributed by atoms with E-state index in [1.165, 1.54) is 23.5 Å². The predicted molar refractivity (Wildman–Crippen MR) is 140 cm³/mol. The lowest BCUT2D eigenvalue weighted by molar-refractivity contribution is -0.142. The minimum absolute atomic E-state index is 0.0696. The van der Waals surface area contributed by atoms with E-state index in [0.717, 1.165) is 5.69 Å². The number of carboxylic acid groups (broad SMARTS) is 1. The van der Waals surface area contributed by atoms with Crippen LogP contribution >= 0.6 is 11.3 Å². The molecule has 3 aromatic heterocycles. The summed E-state index contributed by atoms with van der Waals surface area (Å²) in [5.41, 5.74) is 3.57. The number of fused-ring (bicyclic) bond motifs is 1. The summed E-state index contributed by atoms with van der Waals surface area (Å²) in [6.07, 6.45) is 0. The van der Waals surface area contributed by atoms with Crippen LogP contribution in [0.2, 0.25) is 0 Å². The highest BCUT2D eigenvalue weighted by Crippen LogP contribution is 2.80. The normalized spacial score (nSPS) is 24.4. The van der Waals surface area contributed by atoms with Gasteiger partial charge in [-0.1, -0.05) is 0 Å². The summed E-state index contributed by atoms with van der Waals surface area (Å²) in [4.78, 5) is 36.3.